The molecule has 0 saturated heterocycles. The predicted molar refractivity (Wildman–Crippen MR) is 53.7 cm³/mol. The maximum Gasteiger partial charge on any atom is 0.322 e. The molecular formula is C10H15NO5. The third-order valence-corrected chi connectivity index (χ3v) is 2.87. The Morgan fingerprint density at radius 3 is 2.25 bits per heavy atom. The van der Waals surface area contributed by atoms with Crippen molar-refractivity contribution < 1.29 is 24.6 Å². The van der Waals surface area contributed by atoms with Gasteiger partial charge in [0.05, 0.1) is 11.8 Å². The van der Waals surface area contributed by atoms with Crippen LogP contribution in [0.1, 0.15) is 19.8 Å². The number of carbonyl (C=O) groups excluding carboxylic acids is 1. The first-order chi connectivity index (χ1) is 7.41. The average molecular weight is 229 g/mol. The van der Waals surface area contributed by atoms with Crippen LogP contribution in [0.15, 0.2) is 0 Å². The van der Waals surface area contributed by atoms with E-state index in [2.05, 4.69) is 5.32 Å². The van der Waals surface area contributed by atoms with Crippen LogP contribution in [-0.4, -0.2) is 34.6 Å². The molecule has 1 saturated carbocycles. The number of hydrogen-bond acceptors (Lipinski definition) is 3. The van der Waals surface area contributed by atoms with Gasteiger partial charge in [-0.25, -0.2) is 0 Å². The third-order valence-electron chi connectivity index (χ3n) is 2.87. The van der Waals surface area contributed by atoms with Crippen molar-refractivity contribution in [3.8, 4) is 0 Å². The van der Waals surface area contributed by atoms with Crippen molar-refractivity contribution in [2.75, 3.05) is 6.54 Å². The summed E-state index contributed by atoms with van der Waals surface area (Å²) < 4.78 is 0. The van der Waals surface area contributed by atoms with E-state index >= 15 is 0 Å². The lowest BCUT2D eigenvalue weighted by Gasteiger charge is -2.14. The standard InChI is InChI=1S/C10H15NO5/c1-5-2-6(7(3-5)10(15)16)9(14)11-4-8(12)13/h5-7H,2-4H2,1H3,(H,11,14)(H,12,13)(H,15,16). The van der Waals surface area contributed by atoms with E-state index in [-0.39, 0.29) is 5.92 Å². The maximum absolute atomic E-state index is 11.6. The quantitative estimate of drug-likeness (QED) is 0.626. The van der Waals surface area contributed by atoms with E-state index in [1.165, 1.54) is 0 Å². The number of carboxylic acids is 2. The molecule has 6 nitrogen and oxygen atoms in total. The summed E-state index contributed by atoms with van der Waals surface area (Å²) in [5.41, 5.74) is 0. The molecule has 0 heterocycles. The van der Waals surface area contributed by atoms with Gasteiger partial charge in [-0.1, -0.05) is 6.92 Å². The van der Waals surface area contributed by atoms with Gasteiger partial charge in [0.25, 0.3) is 0 Å². The minimum atomic E-state index is -1.13. The second kappa shape index (κ2) is 4.96. The van der Waals surface area contributed by atoms with Crippen LogP contribution in [0.25, 0.3) is 0 Å². The summed E-state index contributed by atoms with van der Waals surface area (Å²) >= 11 is 0. The normalized spacial score (nSPS) is 28.7. The molecule has 0 bridgehead atoms. The fourth-order valence-electron chi connectivity index (χ4n) is 2.15. The van der Waals surface area contributed by atoms with E-state index in [0.29, 0.717) is 12.8 Å². The topological polar surface area (TPSA) is 104 Å². The van der Waals surface area contributed by atoms with Gasteiger partial charge in [0.15, 0.2) is 0 Å². The van der Waals surface area contributed by atoms with Crippen molar-refractivity contribution in [2.24, 2.45) is 17.8 Å². The van der Waals surface area contributed by atoms with Crippen molar-refractivity contribution in [2.45, 2.75) is 19.8 Å². The maximum atomic E-state index is 11.6. The molecule has 0 aromatic carbocycles. The Morgan fingerprint density at radius 2 is 1.75 bits per heavy atom. The van der Waals surface area contributed by atoms with Crippen molar-refractivity contribution in [1.29, 1.82) is 0 Å². The van der Waals surface area contributed by atoms with Crippen LogP contribution in [0.5, 0.6) is 0 Å². The number of hydrogen-bond donors (Lipinski definition) is 3. The van der Waals surface area contributed by atoms with Crippen LogP contribution < -0.4 is 5.32 Å². The molecule has 1 aliphatic rings. The smallest absolute Gasteiger partial charge is 0.322 e. The van der Waals surface area contributed by atoms with Crippen LogP contribution in [-0.2, 0) is 14.4 Å². The second-order valence-corrected chi connectivity index (χ2v) is 4.24. The number of carbonyl (C=O) groups is 3. The summed E-state index contributed by atoms with van der Waals surface area (Å²) in [5, 5.41) is 19.6. The highest BCUT2D eigenvalue weighted by Gasteiger charge is 2.41. The number of carboxylic acid groups (broad SMARTS) is 2. The minimum Gasteiger partial charge on any atom is -0.481 e. The van der Waals surface area contributed by atoms with Gasteiger partial charge >= 0.3 is 11.9 Å². The summed E-state index contributed by atoms with van der Waals surface area (Å²) in [7, 11) is 0. The van der Waals surface area contributed by atoms with Crippen molar-refractivity contribution in [1.82, 2.24) is 5.32 Å². The number of nitrogens with one attached hydrogen (secondary N) is 1. The Labute approximate surface area is 92.6 Å². The Bertz CT molecular complexity index is 314. The first-order valence-corrected chi connectivity index (χ1v) is 5.14. The summed E-state index contributed by atoms with van der Waals surface area (Å²) in [5.74, 6) is -3.71. The molecule has 0 aliphatic heterocycles. The number of aliphatic carboxylic acids is 2. The molecule has 3 N–H and O–H groups in total. The molecule has 0 aromatic rings. The van der Waals surface area contributed by atoms with Crippen LogP contribution in [0.4, 0.5) is 0 Å². The Morgan fingerprint density at radius 1 is 1.19 bits per heavy atom. The van der Waals surface area contributed by atoms with E-state index in [0.717, 1.165) is 0 Å². The fraction of sp³-hybridized carbons (Fsp3) is 0.700. The second-order valence-electron chi connectivity index (χ2n) is 4.24. The summed E-state index contributed by atoms with van der Waals surface area (Å²) in [6.45, 7) is 1.43. The first-order valence-electron chi connectivity index (χ1n) is 5.14. The van der Waals surface area contributed by atoms with E-state index < -0.39 is 36.2 Å². The zero-order valence-electron chi connectivity index (χ0n) is 8.97. The highest BCUT2D eigenvalue weighted by atomic mass is 16.4. The molecular weight excluding hydrogens is 214 g/mol. The lowest BCUT2D eigenvalue weighted by atomic mass is 9.95. The molecule has 0 spiro atoms. The zero-order valence-corrected chi connectivity index (χ0v) is 8.97. The average Bonchev–Trinajstić information content (AvgIpc) is 2.56. The van der Waals surface area contributed by atoms with Crippen LogP contribution in [0.2, 0.25) is 0 Å². The molecule has 1 amide bonds. The monoisotopic (exact) mass is 229 g/mol. The molecule has 6 heteroatoms. The minimum absolute atomic E-state index is 0.182. The molecule has 1 aliphatic carbocycles. The van der Waals surface area contributed by atoms with Gasteiger partial charge in [0.2, 0.25) is 5.91 Å². The summed E-state index contributed by atoms with van der Waals surface area (Å²) in [6.07, 6.45) is 0.975. The van der Waals surface area contributed by atoms with Crippen LogP contribution in [0.3, 0.4) is 0 Å². The van der Waals surface area contributed by atoms with Gasteiger partial charge in [0.1, 0.15) is 6.54 Å². The van der Waals surface area contributed by atoms with Crippen LogP contribution >= 0.6 is 0 Å². The first kappa shape index (κ1) is 12.5. The highest BCUT2D eigenvalue weighted by molar-refractivity contribution is 5.87. The Balaban J connectivity index is 2.59. The molecule has 3 unspecified atom stereocenters. The SMILES string of the molecule is CC1CC(C(=O)O)C(C(=O)NCC(=O)O)C1. The third kappa shape index (κ3) is 2.95. The van der Waals surface area contributed by atoms with Gasteiger partial charge in [0, 0.05) is 0 Å². The Hall–Kier alpha value is -1.59. The van der Waals surface area contributed by atoms with Gasteiger partial charge < -0.3 is 15.5 Å². The van der Waals surface area contributed by atoms with E-state index in [1.54, 1.807) is 0 Å². The molecule has 90 valence electrons. The predicted octanol–water partition coefficient (Wildman–Crippen LogP) is -0.0659. The van der Waals surface area contributed by atoms with E-state index in [1.807, 2.05) is 6.92 Å². The number of rotatable bonds is 4. The molecule has 1 rings (SSSR count). The molecule has 16 heavy (non-hydrogen) atoms. The fourth-order valence-corrected chi connectivity index (χ4v) is 2.15. The van der Waals surface area contributed by atoms with Crippen LogP contribution in [0, 0.1) is 17.8 Å². The van der Waals surface area contributed by atoms with Gasteiger partial charge in [-0.15, -0.1) is 0 Å². The highest BCUT2D eigenvalue weighted by Crippen LogP contribution is 2.36. The van der Waals surface area contributed by atoms with Crippen molar-refractivity contribution >= 4 is 17.8 Å². The number of amides is 1. The summed E-state index contributed by atoms with van der Waals surface area (Å²) in [6, 6.07) is 0. The lowest BCUT2D eigenvalue weighted by molar-refractivity contribution is -0.146. The Kier molecular flexibility index (Phi) is 3.87. The van der Waals surface area contributed by atoms with E-state index in [4.69, 9.17) is 10.2 Å². The van der Waals surface area contributed by atoms with Gasteiger partial charge in [-0.3, -0.25) is 14.4 Å². The molecule has 0 aromatic heterocycles. The van der Waals surface area contributed by atoms with Crippen molar-refractivity contribution in [3.05, 3.63) is 0 Å². The van der Waals surface area contributed by atoms with Gasteiger partial charge in [-0.05, 0) is 18.8 Å². The lowest BCUT2D eigenvalue weighted by Crippen LogP contribution is -2.37. The van der Waals surface area contributed by atoms with E-state index in [9.17, 15) is 14.4 Å². The van der Waals surface area contributed by atoms with Gasteiger partial charge in [-0.2, -0.15) is 0 Å². The summed E-state index contributed by atoms with van der Waals surface area (Å²) in [4.78, 5) is 32.7. The molecule has 1 fully saturated rings. The molecule has 0 radical (unpaired) electrons. The van der Waals surface area contributed by atoms with Crippen molar-refractivity contribution in [3.63, 3.8) is 0 Å². The zero-order chi connectivity index (χ0) is 12.3. The molecule has 3 atom stereocenters. The largest absolute Gasteiger partial charge is 0.481 e.